The average molecular weight is 266 g/mol. The summed E-state index contributed by atoms with van der Waals surface area (Å²) in [6.45, 7) is 4.34. The Morgan fingerprint density at radius 2 is 2.32 bits per heavy atom. The van der Waals surface area contributed by atoms with Crippen LogP contribution in [0.5, 0.6) is 0 Å². The maximum atomic E-state index is 11.4. The first-order chi connectivity index (χ1) is 9.22. The molecule has 1 aromatic heterocycles. The van der Waals surface area contributed by atoms with E-state index in [-0.39, 0.29) is 6.04 Å². The minimum absolute atomic E-state index is 0.380. The Morgan fingerprint density at radius 3 is 3.05 bits per heavy atom. The predicted molar refractivity (Wildman–Crippen MR) is 70.6 cm³/mol. The number of carboxylic acid groups (broad SMARTS) is 1. The molecule has 1 atom stereocenters. The summed E-state index contributed by atoms with van der Waals surface area (Å²) in [4.78, 5) is 17.7. The molecule has 19 heavy (non-hydrogen) atoms. The smallest absolute Gasteiger partial charge is 0.320 e. The van der Waals surface area contributed by atoms with Crippen LogP contribution in [-0.2, 0) is 17.9 Å². The Bertz CT molecular complexity index is 419. The van der Waals surface area contributed by atoms with Crippen LogP contribution in [0.3, 0.4) is 0 Å². The summed E-state index contributed by atoms with van der Waals surface area (Å²) in [5.41, 5.74) is 0. The van der Waals surface area contributed by atoms with Crippen molar-refractivity contribution in [1.29, 1.82) is 0 Å². The van der Waals surface area contributed by atoms with Gasteiger partial charge in [-0.25, -0.2) is 9.67 Å². The lowest BCUT2D eigenvalue weighted by Crippen LogP contribution is -2.40. The van der Waals surface area contributed by atoms with E-state index in [2.05, 4.69) is 17.0 Å². The highest BCUT2D eigenvalue weighted by Gasteiger charge is 2.28. The Labute approximate surface area is 113 Å². The summed E-state index contributed by atoms with van der Waals surface area (Å²) in [5, 5.41) is 13.5. The SMILES string of the molecule is CCCn1ncnc1CN1CCCCCC1C(=O)O. The van der Waals surface area contributed by atoms with Crippen molar-refractivity contribution in [3.05, 3.63) is 12.2 Å². The molecule has 0 bridgehead atoms. The fraction of sp³-hybridized carbons (Fsp3) is 0.769. The van der Waals surface area contributed by atoms with E-state index in [0.717, 1.165) is 51.0 Å². The molecule has 1 aliphatic rings. The summed E-state index contributed by atoms with van der Waals surface area (Å²) in [5.74, 6) is 0.151. The largest absolute Gasteiger partial charge is 0.480 e. The van der Waals surface area contributed by atoms with Gasteiger partial charge in [0, 0.05) is 6.54 Å². The molecule has 0 saturated carbocycles. The second-order valence-corrected chi connectivity index (χ2v) is 5.07. The van der Waals surface area contributed by atoms with Crippen LogP contribution in [0.15, 0.2) is 6.33 Å². The normalized spacial score (nSPS) is 21.2. The average Bonchev–Trinajstić information content (AvgIpc) is 2.67. The molecule has 0 amide bonds. The second-order valence-electron chi connectivity index (χ2n) is 5.07. The Morgan fingerprint density at radius 1 is 1.47 bits per heavy atom. The molecule has 0 spiro atoms. The van der Waals surface area contributed by atoms with Gasteiger partial charge in [-0.1, -0.05) is 19.8 Å². The molecule has 0 aliphatic carbocycles. The highest BCUT2D eigenvalue weighted by Crippen LogP contribution is 2.19. The van der Waals surface area contributed by atoms with Gasteiger partial charge in [0.25, 0.3) is 0 Å². The van der Waals surface area contributed by atoms with Gasteiger partial charge in [0.1, 0.15) is 18.2 Å². The quantitative estimate of drug-likeness (QED) is 0.874. The molecule has 1 saturated heterocycles. The van der Waals surface area contributed by atoms with Gasteiger partial charge in [0.05, 0.1) is 6.54 Å². The maximum absolute atomic E-state index is 11.4. The number of rotatable bonds is 5. The minimum Gasteiger partial charge on any atom is -0.480 e. The van der Waals surface area contributed by atoms with Crippen LogP contribution < -0.4 is 0 Å². The molecule has 0 aromatic carbocycles. The number of carboxylic acids is 1. The lowest BCUT2D eigenvalue weighted by molar-refractivity contribution is -0.143. The van der Waals surface area contributed by atoms with Crippen LogP contribution in [0.2, 0.25) is 0 Å². The number of hydrogen-bond donors (Lipinski definition) is 1. The van der Waals surface area contributed by atoms with Gasteiger partial charge in [-0.2, -0.15) is 5.10 Å². The molecular formula is C13H22N4O2. The molecule has 0 radical (unpaired) electrons. The van der Waals surface area contributed by atoms with Crippen LogP contribution in [-0.4, -0.2) is 43.3 Å². The molecule has 6 heteroatoms. The molecule has 1 N–H and O–H groups in total. The Balaban J connectivity index is 2.09. The number of likely N-dealkylation sites (tertiary alicyclic amines) is 1. The van der Waals surface area contributed by atoms with Crippen molar-refractivity contribution in [3.8, 4) is 0 Å². The van der Waals surface area contributed by atoms with Gasteiger partial charge in [-0.05, 0) is 25.8 Å². The van der Waals surface area contributed by atoms with E-state index in [1.54, 1.807) is 6.33 Å². The highest BCUT2D eigenvalue weighted by molar-refractivity contribution is 5.73. The van der Waals surface area contributed by atoms with Crippen LogP contribution in [0.4, 0.5) is 0 Å². The molecule has 1 aromatic rings. The van der Waals surface area contributed by atoms with E-state index in [0.29, 0.717) is 6.54 Å². The van der Waals surface area contributed by atoms with Crippen molar-refractivity contribution in [3.63, 3.8) is 0 Å². The van der Waals surface area contributed by atoms with E-state index in [4.69, 9.17) is 0 Å². The van der Waals surface area contributed by atoms with Crippen LogP contribution in [0.25, 0.3) is 0 Å². The van der Waals surface area contributed by atoms with Crippen molar-refractivity contribution in [1.82, 2.24) is 19.7 Å². The highest BCUT2D eigenvalue weighted by atomic mass is 16.4. The molecule has 1 fully saturated rings. The van der Waals surface area contributed by atoms with Crippen LogP contribution in [0.1, 0.15) is 44.9 Å². The summed E-state index contributed by atoms with van der Waals surface area (Å²) < 4.78 is 1.88. The van der Waals surface area contributed by atoms with Crippen LogP contribution >= 0.6 is 0 Å². The molecule has 106 valence electrons. The summed E-state index contributed by atoms with van der Waals surface area (Å²) >= 11 is 0. The first-order valence-electron chi connectivity index (χ1n) is 7.06. The third kappa shape index (κ3) is 3.53. The molecule has 1 aliphatic heterocycles. The number of aliphatic carboxylic acids is 1. The molecule has 6 nitrogen and oxygen atoms in total. The van der Waals surface area contributed by atoms with E-state index in [9.17, 15) is 9.90 Å². The van der Waals surface area contributed by atoms with Crippen molar-refractivity contribution in [2.45, 2.75) is 58.2 Å². The maximum Gasteiger partial charge on any atom is 0.320 e. The van der Waals surface area contributed by atoms with Gasteiger partial charge < -0.3 is 5.11 Å². The van der Waals surface area contributed by atoms with Gasteiger partial charge in [-0.3, -0.25) is 9.69 Å². The Hall–Kier alpha value is -1.43. The summed E-state index contributed by atoms with van der Waals surface area (Å²) in [6, 6.07) is -0.380. The van der Waals surface area contributed by atoms with Gasteiger partial charge in [0.2, 0.25) is 0 Å². The van der Waals surface area contributed by atoms with Gasteiger partial charge in [-0.15, -0.1) is 0 Å². The van der Waals surface area contributed by atoms with Crippen molar-refractivity contribution < 1.29 is 9.90 Å². The minimum atomic E-state index is -0.719. The third-order valence-electron chi connectivity index (χ3n) is 3.62. The number of aromatic nitrogens is 3. The van der Waals surface area contributed by atoms with E-state index >= 15 is 0 Å². The predicted octanol–water partition coefficient (Wildman–Crippen LogP) is 1.52. The number of nitrogens with zero attached hydrogens (tertiary/aromatic N) is 4. The third-order valence-corrected chi connectivity index (χ3v) is 3.62. The first kappa shape index (κ1) is 14.0. The standard InChI is InChI=1S/C13H22N4O2/c1-2-7-17-12(14-10-15-17)9-16-8-5-3-4-6-11(16)13(18)19/h10-11H,2-9H2,1H3,(H,18,19). The zero-order chi connectivity index (χ0) is 13.7. The number of aryl methyl sites for hydroxylation is 1. The second kappa shape index (κ2) is 6.65. The van der Waals surface area contributed by atoms with Gasteiger partial charge >= 0.3 is 5.97 Å². The van der Waals surface area contributed by atoms with Crippen molar-refractivity contribution >= 4 is 5.97 Å². The number of hydrogen-bond acceptors (Lipinski definition) is 4. The van der Waals surface area contributed by atoms with Crippen molar-refractivity contribution in [2.75, 3.05) is 6.54 Å². The zero-order valence-corrected chi connectivity index (χ0v) is 11.5. The molecule has 1 unspecified atom stereocenters. The topological polar surface area (TPSA) is 71.2 Å². The van der Waals surface area contributed by atoms with Gasteiger partial charge in [0.15, 0.2) is 0 Å². The Kier molecular flexibility index (Phi) is 4.90. The van der Waals surface area contributed by atoms with Crippen LogP contribution in [0, 0.1) is 0 Å². The molecular weight excluding hydrogens is 244 g/mol. The number of carbonyl (C=O) groups is 1. The summed E-state index contributed by atoms with van der Waals surface area (Å²) in [6.07, 6.45) is 6.46. The first-order valence-corrected chi connectivity index (χ1v) is 7.06. The van der Waals surface area contributed by atoms with E-state index in [1.807, 2.05) is 9.58 Å². The monoisotopic (exact) mass is 266 g/mol. The fourth-order valence-electron chi connectivity index (χ4n) is 2.63. The fourth-order valence-corrected chi connectivity index (χ4v) is 2.63. The lowest BCUT2D eigenvalue weighted by atomic mass is 10.1. The van der Waals surface area contributed by atoms with E-state index in [1.165, 1.54) is 0 Å². The van der Waals surface area contributed by atoms with E-state index < -0.39 is 5.97 Å². The molecule has 2 rings (SSSR count). The van der Waals surface area contributed by atoms with Crippen molar-refractivity contribution in [2.24, 2.45) is 0 Å². The lowest BCUT2D eigenvalue weighted by Gasteiger charge is -2.26. The molecule has 2 heterocycles. The zero-order valence-electron chi connectivity index (χ0n) is 11.5. The summed E-state index contributed by atoms with van der Waals surface area (Å²) in [7, 11) is 0.